The Morgan fingerprint density at radius 1 is 1.07 bits per heavy atom. The minimum atomic E-state index is -2.97. The van der Waals surface area contributed by atoms with Crippen LogP contribution in [0.15, 0.2) is 54.1 Å². The first kappa shape index (κ1) is 22.6. The number of benzene rings is 2. The van der Waals surface area contributed by atoms with Gasteiger partial charge in [-0.25, -0.2) is 4.79 Å². The van der Waals surface area contributed by atoms with Crippen LogP contribution in [-0.2, 0) is 9.53 Å². The summed E-state index contributed by atoms with van der Waals surface area (Å²) in [5, 5.41) is 9.28. The number of halogens is 2. The number of carbonyl (C=O) groups excluding carboxylic acids is 2. The van der Waals surface area contributed by atoms with Crippen molar-refractivity contribution in [1.82, 2.24) is 0 Å². The van der Waals surface area contributed by atoms with Crippen molar-refractivity contribution < 1.29 is 27.8 Å². The molecule has 0 aliphatic carbocycles. The van der Waals surface area contributed by atoms with Crippen molar-refractivity contribution in [2.45, 2.75) is 19.6 Å². The van der Waals surface area contributed by atoms with Crippen molar-refractivity contribution in [1.29, 1.82) is 5.26 Å². The van der Waals surface area contributed by atoms with E-state index in [1.54, 1.807) is 18.2 Å². The van der Waals surface area contributed by atoms with Crippen molar-refractivity contribution >= 4 is 23.5 Å². The molecule has 30 heavy (non-hydrogen) atoms. The molecule has 0 amide bonds. The lowest BCUT2D eigenvalue weighted by Crippen LogP contribution is -2.25. The van der Waals surface area contributed by atoms with E-state index in [9.17, 15) is 23.6 Å². The summed E-state index contributed by atoms with van der Waals surface area (Å²) < 4.78 is 33.7. The minimum Gasteiger partial charge on any atom is -0.450 e. The summed E-state index contributed by atoms with van der Waals surface area (Å²) >= 11 is 0. The Morgan fingerprint density at radius 2 is 1.67 bits per heavy atom. The fraction of sp³-hybridized carbons (Fsp3) is 0.227. The Bertz CT molecular complexity index is 962. The standard InChI is InChI=1S/C22H20F2N2O4/c1-14(20(27)16-6-10-19(11-7-16)30-22(23)24)29-21(28)17(13-25)12-15-4-8-18(9-5-15)26(2)3/h4-12,14,22H,1-3H3/b17-12+. The zero-order valence-electron chi connectivity index (χ0n) is 16.6. The molecule has 0 N–H and O–H groups in total. The lowest BCUT2D eigenvalue weighted by Gasteiger charge is -2.13. The van der Waals surface area contributed by atoms with Crippen LogP contribution >= 0.6 is 0 Å². The Hall–Kier alpha value is -3.73. The van der Waals surface area contributed by atoms with E-state index in [-0.39, 0.29) is 16.9 Å². The molecule has 0 saturated carbocycles. The van der Waals surface area contributed by atoms with Gasteiger partial charge < -0.3 is 14.4 Å². The van der Waals surface area contributed by atoms with Crippen LogP contribution in [0.1, 0.15) is 22.8 Å². The van der Waals surface area contributed by atoms with Gasteiger partial charge in [-0.3, -0.25) is 4.79 Å². The van der Waals surface area contributed by atoms with Crippen LogP contribution < -0.4 is 9.64 Å². The molecule has 0 aliphatic rings. The zero-order chi connectivity index (χ0) is 22.3. The number of hydrogen-bond donors (Lipinski definition) is 0. The minimum absolute atomic E-state index is 0.0961. The van der Waals surface area contributed by atoms with E-state index < -0.39 is 24.5 Å². The number of ether oxygens (including phenoxy) is 2. The van der Waals surface area contributed by atoms with Gasteiger partial charge in [-0.2, -0.15) is 14.0 Å². The quantitative estimate of drug-likeness (QED) is 0.280. The lowest BCUT2D eigenvalue weighted by atomic mass is 10.1. The number of Topliss-reactive ketones (excluding diaryl/α,β-unsaturated/α-hetero) is 1. The molecule has 0 radical (unpaired) electrons. The molecule has 0 fully saturated rings. The maximum absolute atomic E-state index is 12.4. The van der Waals surface area contributed by atoms with Gasteiger partial charge in [0.05, 0.1) is 0 Å². The molecular weight excluding hydrogens is 394 g/mol. The predicted octanol–water partition coefficient (Wildman–Crippen LogP) is 4.08. The third-order valence-corrected chi connectivity index (χ3v) is 4.08. The number of nitriles is 1. The maximum Gasteiger partial charge on any atom is 0.387 e. The first-order chi connectivity index (χ1) is 14.2. The van der Waals surface area contributed by atoms with E-state index in [0.717, 1.165) is 5.69 Å². The third-order valence-electron chi connectivity index (χ3n) is 4.08. The number of hydrogen-bond acceptors (Lipinski definition) is 6. The summed E-state index contributed by atoms with van der Waals surface area (Å²) in [7, 11) is 3.78. The number of rotatable bonds is 8. The number of anilines is 1. The Morgan fingerprint density at radius 3 is 2.17 bits per heavy atom. The molecule has 1 atom stereocenters. The summed E-state index contributed by atoms with van der Waals surface area (Å²) in [6, 6.07) is 13.9. The van der Waals surface area contributed by atoms with Crippen LogP contribution in [0.4, 0.5) is 14.5 Å². The normalized spacial score (nSPS) is 12.1. The van der Waals surface area contributed by atoms with E-state index in [4.69, 9.17) is 4.74 Å². The maximum atomic E-state index is 12.4. The van der Waals surface area contributed by atoms with Gasteiger partial charge in [-0.1, -0.05) is 12.1 Å². The van der Waals surface area contributed by atoms with E-state index in [0.29, 0.717) is 5.56 Å². The summed E-state index contributed by atoms with van der Waals surface area (Å²) in [6.07, 6.45) is 0.197. The zero-order valence-corrected chi connectivity index (χ0v) is 16.6. The highest BCUT2D eigenvalue weighted by molar-refractivity contribution is 6.03. The molecular formula is C22H20F2N2O4. The number of carbonyl (C=O) groups is 2. The van der Waals surface area contributed by atoms with Crippen LogP contribution in [0.25, 0.3) is 6.08 Å². The number of nitrogens with zero attached hydrogens (tertiary/aromatic N) is 2. The highest BCUT2D eigenvalue weighted by Crippen LogP contribution is 2.18. The molecule has 6 nitrogen and oxygen atoms in total. The van der Waals surface area contributed by atoms with E-state index >= 15 is 0 Å². The monoisotopic (exact) mass is 414 g/mol. The molecule has 2 aromatic rings. The fourth-order valence-corrected chi connectivity index (χ4v) is 2.49. The molecule has 2 aromatic carbocycles. The number of alkyl halides is 2. The topological polar surface area (TPSA) is 79.6 Å². The number of esters is 1. The van der Waals surface area contributed by atoms with Gasteiger partial charge in [0.2, 0.25) is 5.78 Å². The fourth-order valence-electron chi connectivity index (χ4n) is 2.49. The van der Waals surface area contributed by atoms with Gasteiger partial charge in [-0.15, -0.1) is 0 Å². The van der Waals surface area contributed by atoms with Crippen LogP contribution in [0.5, 0.6) is 5.75 Å². The average Bonchev–Trinajstić information content (AvgIpc) is 2.71. The predicted molar refractivity (Wildman–Crippen MR) is 107 cm³/mol. The Balaban J connectivity index is 2.06. The van der Waals surface area contributed by atoms with Crippen molar-refractivity contribution in [2.75, 3.05) is 19.0 Å². The summed E-state index contributed by atoms with van der Waals surface area (Å²) in [5.74, 6) is -1.58. The largest absolute Gasteiger partial charge is 0.450 e. The highest BCUT2D eigenvalue weighted by Gasteiger charge is 2.22. The molecule has 0 heterocycles. The first-order valence-corrected chi connectivity index (χ1v) is 8.90. The van der Waals surface area contributed by atoms with Gasteiger partial charge in [0.1, 0.15) is 17.4 Å². The molecule has 156 valence electrons. The van der Waals surface area contributed by atoms with E-state index in [1.165, 1.54) is 37.3 Å². The summed E-state index contributed by atoms with van der Waals surface area (Å²) in [5.41, 5.74) is 1.48. The van der Waals surface area contributed by atoms with Crippen molar-refractivity contribution in [3.8, 4) is 11.8 Å². The first-order valence-electron chi connectivity index (χ1n) is 8.90. The second kappa shape index (κ2) is 10.2. The summed E-state index contributed by atoms with van der Waals surface area (Å²) in [4.78, 5) is 26.6. The molecule has 2 rings (SSSR count). The van der Waals surface area contributed by atoms with Crippen LogP contribution in [-0.4, -0.2) is 38.6 Å². The van der Waals surface area contributed by atoms with Crippen LogP contribution in [0.2, 0.25) is 0 Å². The summed E-state index contributed by atoms with van der Waals surface area (Å²) in [6.45, 7) is -1.60. The SMILES string of the molecule is CC(OC(=O)/C(C#N)=C/c1ccc(N(C)C)cc1)C(=O)c1ccc(OC(F)F)cc1. The smallest absolute Gasteiger partial charge is 0.387 e. The van der Waals surface area contributed by atoms with E-state index in [2.05, 4.69) is 4.74 Å². The second-order valence-corrected chi connectivity index (χ2v) is 6.47. The van der Waals surface area contributed by atoms with Crippen LogP contribution in [0, 0.1) is 11.3 Å². The molecule has 0 aliphatic heterocycles. The molecule has 8 heteroatoms. The Labute approximate surface area is 172 Å². The molecule has 0 bridgehead atoms. The average molecular weight is 414 g/mol. The molecule has 0 saturated heterocycles. The van der Waals surface area contributed by atoms with Gasteiger partial charge in [0, 0.05) is 25.3 Å². The van der Waals surface area contributed by atoms with Gasteiger partial charge >= 0.3 is 12.6 Å². The third kappa shape index (κ3) is 6.14. The molecule has 1 unspecified atom stereocenters. The molecule has 0 spiro atoms. The second-order valence-electron chi connectivity index (χ2n) is 6.47. The van der Waals surface area contributed by atoms with Crippen LogP contribution in [0.3, 0.4) is 0 Å². The Kier molecular flexibility index (Phi) is 7.64. The molecule has 0 aromatic heterocycles. The van der Waals surface area contributed by atoms with Gasteiger partial charge in [0.15, 0.2) is 6.10 Å². The lowest BCUT2D eigenvalue weighted by molar-refractivity contribution is -0.141. The highest BCUT2D eigenvalue weighted by atomic mass is 19.3. The van der Waals surface area contributed by atoms with Crippen molar-refractivity contribution in [2.24, 2.45) is 0 Å². The van der Waals surface area contributed by atoms with E-state index in [1.807, 2.05) is 31.1 Å². The van der Waals surface area contributed by atoms with Crippen molar-refractivity contribution in [3.05, 3.63) is 65.2 Å². The van der Waals surface area contributed by atoms with Gasteiger partial charge in [0.25, 0.3) is 0 Å². The van der Waals surface area contributed by atoms with Gasteiger partial charge in [-0.05, 0) is 55.0 Å². The number of ketones is 1. The van der Waals surface area contributed by atoms with Crippen molar-refractivity contribution in [3.63, 3.8) is 0 Å².